The highest BCUT2D eigenvalue weighted by Crippen LogP contribution is 2.45. The van der Waals surface area contributed by atoms with Crippen LogP contribution in [0, 0.1) is 6.92 Å². The van der Waals surface area contributed by atoms with E-state index in [0.717, 1.165) is 186 Å². The van der Waals surface area contributed by atoms with Crippen molar-refractivity contribution in [3.63, 3.8) is 0 Å². The molecule has 4 aromatic heterocycles. The van der Waals surface area contributed by atoms with Crippen molar-refractivity contribution in [1.29, 1.82) is 0 Å². The molecule has 1 aliphatic heterocycles. The molecule has 19 rings (SSSR count). The number of pyridine rings is 1. The standard InChI is InChI=1S/C100H71N7O2/c1-65-61-79(58-60-92(65)108-66(2)67-41-43-68(44-42-67)83-63-86(71-49-55-78(56-50-71)100-103-89-38-22-24-40-93(89)109-100)97(75-31-15-6-16-32-75)104-94(83)72-25-9-3-10-26-72)80-57-59-88-91(62-80)107(82-35-19-8-20-36-82)99(102-88)77-53-47-70(48-54-77)85-64-84(95(73-27-11-4-12-28-73)105-96(85)74-29-13-5-14-30-74)69-45-51-76(52-46-69)98-101-87-37-21-23-39-90(87)106(98)81-33-17-7-18-34-81/h3-15,17-31,33-64,95,105H,2,16,32H2,1H3. The molecule has 0 saturated heterocycles. The lowest BCUT2D eigenvalue weighted by molar-refractivity contribution is 0.512. The summed E-state index contributed by atoms with van der Waals surface area (Å²) in [6, 6.07) is 119. The van der Waals surface area contributed by atoms with Crippen LogP contribution in [0.2, 0.25) is 0 Å². The van der Waals surface area contributed by atoms with Gasteiger partial charge in [-0.25, -0.2) is 19.9 Å². The van der Waals surface area contributed by atoms with Crippen LogP contribution in [0.25, 0.3) is 152 Å². The Hall–Kier alpha value is -14.3. The average Bonchev–Trinajstić information content (AvgIpc) is 1.54. The van der Waals surface area contributed by atoms with Gasteiger partial charge in [-0.3, -0.25) is 9.13 Å². The Labute approximate surface area is 632 Å². The van der Waals surface area contributed by atoms with Crippen LogP contribution in [0.5, 0.6) is 5.75 Å². The Kier molecular flexibility index (Phi) is 17.0. The molecule has 5 heterocycles. The minimum atomic E-state index is -0.145. The van der Waals surface area contributed by atoms with Crippen LogP contribution < -0.4 is 10.1 Å². The summed E-state index contributed by atoms with van der Waals surface area (Å²) in [5.74, 6) is 3.61. The summed E-state index contributed by atoms with van der Waals surface area (Å²) in [4.78, 5) is 21.0. The van der Waals surface area contributed by atoms with Gasteiger partial charge in [0.05, 0.1) is 45.2 Å². The summed E-state index contributed by atoms with van der Waals surface area (Å²) >= 11 is 0. The van der Waals surface area contributed by atoms with Gasteiger partial charge in [-0.2, -0.15) is 0 Å². The van der Waals surface area contributed by atoms with Crippen LogP contribution in [-0.2, 0) is 0 Å². The molecule has 0 bridgehead atoms. The van der Waals surface area contributed by atoms with Crippen molar-refractivity contribution in [2.75, 3.05) is 0 Å². The lowest BCUT2D eigenvalue weighted by Gasteiger charge is -2.32. The number of fused-ring (bicyclic) bond motifs is 3. The van der Waals surface area contributed by atoms with E-state index >= 15 is 0 Å². The predicted molar refractivity (Wildman–Crippen MR) is 446 cm³/mol. The predicted octanol–water partition coefficient (Wildman–Crippen LogP) is 25.0. The molecule has 0 saturated carbocycles. The van der Waals surface area contributed by atoms with Crippen LogP contribution >= 0.6 is 0 Å². The highest BCUT2D eigenvalue weighted by molar-refractivity contribution is 6.03. The summed E-state index contributed by atoms with van der Waals surface area (Å²) in [6.45, 7) is 6.58. The number of oxazole rings is 1. The number of rotatable bonds is 17. The first-order valence-corrected chi connectivity index (χ1v) is 37.0. The number of benzene rings is 13. The third kappa shape index (κ3) is 12.6. The van der Waals surface area contributed by atoms with Gasteiger partial charge in [0.1, 0.15) is 28.7 Å². The van der Waals surface area contributed by atoms with Crippen molar-refractivity contribution in [2.24, 2.45) is 0 Å². The number of dihydropyridines is 1. The van der Waals surface area contributed by atoms with E-state index < -0.39 is 0 Å². The van der Waals surface area contributed by atoms with E-state index in [1.807, 2.05) is 30.3 Å². The second kappa shape index (κ2) is 28.3. The van der Waals surface area contributed by atoms with Gasteiger partial charge in [0.25, 0.3) is 0 Å². The molecular weight excluding hydrogens is 1330 g/mol. The maximum atomic E-state index is 6.69. The largest absolute Gasteiger partial charge is 0.457 e. The number of imidazole rings is 2. The molecule has 0 amide bonds. The Balaban J connectivity index is 0.616. The number of allylic oxidation sites excluding steroid dienone is 6. The summed E-state index contributed by atoms with van der Waals surface area (Å²) in [6.07, 6.45) is 10.8. The van der Waals surface area contributed by atoms with Crippen molar-refractivity contribution >= 4 is 61.3 Å². The maximum Gasteiger partial charge on any atom is 0.227 e. The fraction of sp³-hybridized carbons (Fsp3) is 0.0400. The van der Waals surface area contributed by atoms with E-state index in [2.05, 4.69) is 362 Å². The van der Waals surface area contributed by atoms with Gasteiger partial charge in [0.2, 0.25) is 5.89 Å². The van der Waals surface area contributed by atoms with E-state index in [1.54, 1.807) is 0 Å². The van der Waals surface area contributed by atoms with Gasteiger partial charge in [0.15, 0.2) is 5.58 Å². The molecule has 1 unspecified atom stereocenters. The summed E-state index contributed by atoms with van der Waals surface area (Å²) in [5.41, 5.74) is 30.5. The number of aromatic nitrogens is 6. The molecule has 9 heteroatoms. The van der Waals surface area contributed by atoms with Gasteiger partial charge >= 0.3 is 0 Å². The van der Waals surface area contributed by atoms with Gasteiger partial charge < -0.3 is 14.5 Å². The molecule has 17 aromatic rings. The molecule has 9 nitrogen and oxygen atoms in total. The van der Waals surface area contributed by atoms with Crippen LogP contribution in [0.3, 0.4) is 0 Å². The normalized spacial score (nSPS) is 13.5. The first-order chi connectivity index (χ1) is 53.8. The summed E-state index contributed by atoms with van der Waals surface area (Å²) < 4.78 is 17.4. The minimum absolute atomic E-state index is 0.145. The first kappa shape index (κ1) is 65.5. The fourth-order valence-electron chi connectivity index (χ4n) is 15.4. The summed E-state index contributed by atoms with van der Waals surface area (Å²) in [7, 11) is 0. The highest BCUT2D eigenvalue weighted by atomic mass is 16.5. The Morgan fingerprint density at radius 1 is 0.431 bits per heavy atom. The van der Waals surface area contributed by atoms with Crippen molar-refractivity contribution in [3.05, 3.63) is 410 Å². The lowest BCUT2D eigenvalue weighted by atomic mass is 9.84. The second-order valence-corrected chi connectivity index (χ2v) is 27.8. The van der Waals surface area contributed by atoms with E-state index in [-0.39, 0.29) is 6.04 Å². The van der Waals surface area contributed by atoms with Gasteiger partial charge in [-0.1, -0.05) is 274 Å². The van der Waals surface area contributed by atoms with Gasteiger partial charge in [-0.05, 0) is 178 Å². The fourth-order valence-corrected chi connectivity index (χ4v) is 15.4. The molecule has 0 fully saturated rings. The molecule has 109 heavy (non-hydrogen) atoms. The van der Waals surface area contributed by atoms with Crippen LogP contribution in [0.4, 0.5) is 0 Å². The molecule has 0 spiro atoms. The summed E-state index contributed by atoms with van der Waals surface area (Å²) in [5, 5.41) is 4.10. The first-order valence-electron chi connectivity index (χ1n) is 37.0. The number of hydrogen-bond donors (Lipinski definition) is 1. The maximum absolute atomic E-state index is 6.69. The van der Waals surface area contributed by atoms with Crippen molar-refractivity contribution in [3.8, 4) is 96.0 Å². The highest BCUT2D eigenvalue weighted by Gasteiger charge is 2.29. The van der Waals surface area contributed by atoms with E-state index in [0.29, 0.717) is 11.6 Å². The van der Waals surface area contributed by atoms with Gasteiger partial charge in [-0.15, -0.1) is 0 Å². The topological polar surface area (TPSA) is 95.8 Å². The molecule has 1 aliphatic carbocycles. The molecular formula is C100H71N7O2. The van der Waals surface area contributed by atoms with Crippen molar-refractivity contribution in [2.45, 2.75) is 25.8 Å². The number of hydrogen-bond acceptors (Lipinski definition) is 7. The number of nitrogens with one attached hydrogen (secondary N) is 1. The molecule has 13 aromatic carbocycles. The number of aryl methyl sites for hydroxylation is 1. The van der Waals surface area contributed by atoms with E-state index in [4.69, 9.17) is 29.1 Å². The molecule has 1 atom stereocenters. The number of nitrogens with zero attached hydrogens (tertiary/aromatic N) is 6. The number of para-hydroxylation sites is 6. The van der Waals surface area contributed by atoms with Gasteiger partial charge in [0, 0.05) is 55.9 Å². The third-order valence-electron chi connectivity index (χ3n) is 20.9. The quantitative estimate of drug-likeness (QED) is 0.0908. The third-order valence-corrected chi connectivity index (χ3v) is 20.9. The molecule has 1 N–H and O–H groups in total. The van der Waals surface area contributed by atoms with Crippen LogP contribution in [0.15, 0.2) is 375 Å². The van der Waals surface area contributed by atoms with Crippen molar-refractivity contribution in [1.82, 2.24) is 34.4 Å². The van der Waals surface area contributed by atoms with Crippen LogP contribution in [-0.4, -0.2) is 29.1 Å². The number of ether oxygens (including phenoxy) is 1. The van der Waals surface area contributed by atoms with Crippen molar-refractivity contribution < 1.29 is 9.15 Å². The molecule has 518 valence electrons. The SMILES string of the molecule is C=C(Oc1ccc(-c2ccc3nc(-c4ccc(C5=C(c6ccccc6)NC(c6ccccc6)C(c6ccc(-c7nc8ccccc8n7-c7ccccc7)cc6)=C5)cc4)n(-c4ccccc4)c3c2)cc1C)c1ccc(-c2cc(-c3ccc(-c4nc5ccccc5o4)cc3)c(C3=CC=CCC3)nc2-c2ccccc2)cc1. The zero-order chi connectivity index (χ0) is 72.7. The Morgan fingerprint density at radius 2 is 0.954 bits per heavy atom. The zero-order valence-electron chi connectivity index (χ0n) is 59.8. The van der Waals surface area contributed by atoms with Crippen LogP contribution in [0.1, 0.15) is 58.0 Å². The average molecular weight is 1400 g/mol. The lowest BCUT2D eigenvalue weighted by Crippen LogP contribution is -2.25. The smallest absolute Gasteiger partial charge is 0.227 e. The van der Waals surface area contributed by atoms with E-state index in [9.17, 15) is 0 Å². The Bertz CT molecular complexity index is 6400. The zero-order valence-corrected chi connectivity index (χ0v) is 59.8. The minimum Gasteiger partial charge on any atom is -0.457 e. The monoisotopic (exact) mass is 1400 g/mol. The molecule has 2 aliphatic rings. The Morgan fingerprint density at radius 3 is 1.61 bits per heavy atom. The molecule has 0 radical (unpaired) electrons. The van der Waals surface area contributed by atoms with E-state index in [1.165, 1.54) is 11.1 Å². The second-order valence-electron chi connectivity index (χ2n) is 27.8.